The first-order valence-electron chi connectivity index (χ1n) is 10.7. The van der Waals surface area contributed by atoms with Crippen molar-refractivity contribution in [3.63, 3.8) is 0 Å². The van der Waals surface area contributed by atoms with Crippen LogP contribution in [0.5, 0.6) is 11.5 Å². The molecule has 0 bridgehead atoms. The number of anilines is 2. The number of aromatic hydroxyl groups is 2. The number of benzene rings is 4. The first-order valence-corrected chi connectivity index (χ1v) is 14.4. The van der Waals surface area contributed by atoms with Gasteiger partial charge in [-0.1, -0.05) is 0 Å². The van der Waals surface area contributed by atoms with Crippen molar-refractivity contribution >= 4 is 62.9 Å². The fourth-order valence-electron chi connectivity index (χ4n) is 3.64. The molecule has 1 aromatic heterocycles. The first-order chi connectivity index (χ1) is 17.5. The van der Waals surface area contributed by atoms with E-state index in [-0.39, 0.29) is 43.4 Å². The second kappa shape index (κ2) is 9.07. The molecule has 0 saturated carbocycles. The second-order valence-corrected chi connectivity index (χ2v) is 12.5. The molecule has 0 saturated heterocycles. The Balaban J connectivity index is 1.55. The molecule has 5 aromatic rings. The Kier molecular flexibility index (Phi) is 6.02. The van der Waals surface area contributed by atoms with E-state index < -0.39 is 25.5 Å². The van der Waals surface area contributed by atoms with Crippen LogP contribution in [0.4, 0.5) is 11.4 Å². The minimum atomic E-state index is -4.05. The highest BCUT2D eigenvalue weighted by atomic mass is 32.2. The third-order valence-corrected chi connectivity index (χ3v) is 9.38. The monoisotopic (exact) mass is 554 g/mol. The van der Waals surface area contributed by atoms with Gasteiger partial charge in [0.1, 0.15) is 11.5 Å². The van der Waals surface area contributed by atoms with Crippen LogP contribution in [-0.2, 0) is 20.0 Å². The zero-order chi connectivity index (χ0) is 26.4. The molecular weight excluding hydrogens is 536 g/mol. The Labute approximate surface area is 215 Å². The third kappa shape index (κ3) is 4.94. The first kappa shape index (κ1) is 24.6. The van der Waals surface area contributed by atoms with E-state index in [9.17, 15) is 31.8 Å². The SMILES string of the molecule is O=c1c2cc(S(=O)(=O)Nc3ccc(O)cc3)ccc2sc2ccc(S(=O)(=O)Nc3ccc(O)cc3)cc12. The molecule has 0 unspecified atom stereocenters. The fourth-order valence-corrected chi connectivity index (χ4v) is 6.84. The fraction of sp³-hybridized carbons (Fsp3) is 0. The zero-order valence-corrected chi connectivity index (χ0v) is 21.2. The van der Waals surface area contributed by atoms with E-state index in [2.05, 4.69) is 9.44 Å². The predicted octanol–water partition coefficient (Wildman–Crippen LogP) is 4.43. The van der Waals surface area contributed by atoms with Crippen LogP contribution in [0.1, 0.15) is 0 Å². The molecule has 188 valence electrons. The number of sulfonamides is 2. The summed E-state index contributed by atoms with van der Waals surface area (Å²) in [5.74, 6) is -0.0321. The van der Waals surface area contributed by atoms with Gasteiger partial charge in [-0.05, 0) is 84.9 Å². The Morgan fingerprint density at radius 2 is 0.946 bits per heavy atom. The maximum absolute atomic E-state index is 13.4. The summed E-state index contributed by atoms with van der Waals surface area (Å²) >= 11 is 1.23. The summed E-state index contributed by atoms with van der Waals surface area (Å²) in [4.78, 5) is 13.1. The van der Waals surface area contributed by atoms with Crippen molar-refractivity contribution in [2.75, 3.05) is 9.44 Å². The number of phenolic OH excluding ortho intramolecular Hbond substituents is 2. The summed E-state index contributed by atoms with van der Waals surface area (Å²) < 4.78 is 57.5. The minimum Gasteiger partial charge on any atom is -0.508 e. The normalized spacial score (nSPS) is 12.0. The summed E-state index contributed by atoms with van der Waals surface area (Å²) in [7, 11) is -8.09. The van der Waals surface area contributed by atoms with Crippen LogP contribution in [0, 0.1) is 0 Å². The molecule has 0 spiro atoms. The van der Waals surface area contributed by atoms with Crippen molar-refractivity contribution in [2.45, 2.75) is 9.79 Å². The summed E-state index contributed by atoms with van der Waals surface area (Å²) in [5.41, 5.74) is -0.0396. The molecule has 4 N–H and O–H groups in total. The van der Waals surface area contributed by atoms with E-state index in [0.29, 0.717) is 9.40 Å². The highest BCUT2D eigenvalue weighted by molar-refractivity contribution is 7.93. The quantitative estimate of drug-likeness (QED) is 0.179. The lowest BCUT2D eigenvalue weighted by molar-refractivity contribution is 0.475. The van der Waals surface area contributed by atoms with Gasteiger partial charge in [0.25, 0.3) is 20.0 Å². The number of hydrogen-bond donors (Lipinski definition) is 4. The molecule has 0 aliphatic carbocycles. The molecule has 9 nitrogen and oxygen atoms in total. The van der Waals surface area contributed by atoms with Gasteiger partial charge in [0, 0.05) is 31.5 Å². The van der Waals surface area contributed by atoms with E-state index >= 15 is 0 Å². The molecule has 5 rings (SSSR count). The summed E-state index contributed by atoms with van der Waals surface area (Å²) in [6.07, 6.45) is 0. The van der Waals surface area contributed by atoms with Gasteiger partial charge in [0.15, 0.2) is 5.43 Å². The lowest BCUT2D eigenvalue weighted by Crippen LogP contribution is -2.14. The van der Waals surface area contributed by atoms with E-state index in [0.717, 1.165) is 0 Å². The molecule has 12 heteroatoms. The minimum absolute atomic E-state index is 0.0161. The average molecular weight is 555 g/mol. The van der Waals surface area contributed by atoms with Crippen LogP contribution in [0.25, 0.3) is 20.2 Å². The van der Waals surface area contributed by atoms with Crippen LogP contribution in [0.3, 0.4) is 0 Å². The van der Waals surface area contributed by atoms with Crippen LogP contribution in [-0.4, -0.2) is 27.0 Å². The topological polar surface area (TPSA) is 150 Å². The van der Waals surface area contributed by atoms with E-state index in [1.54, 1.807) is 0 Å². The van der Waals surface area contributed by atoms with Crippen molar-refractivity contribution < 1.29 is 27.0 Å². The van der Waals surface area contributed by atoms with Crippen molar-refractivity contribution in [3.05, 3.63) is 95.2 Å². The standard InChI is InChI=1S/C25H18N2O7S3/c28-17-5-1-15(2-6-17)26-36(31,32)19-9-11-23-21(13-19)25(30)22-14-20(10-12-24(22)35-23)37(33,34)27-16-3-7-18(29)8-4-16/h1-14,26-29H. The van der Waals surface area contributed by atoms with Crippen molar-refractivity contribution in [2.24, 2.45) is 0 Å². The molecule has 1 heterocycles. The molecule has 4 aromatic carbocycles. The molecule has 37 heavy (non-hydrogen) atoms. The lowest BCUT2D eigenvalue weighted by Gasteiger charge is -2.10. The maximum Gasteiger partial charge on any atom is 0.261 e. The van der Waals surface area contributed by atoms with Gasteiger partial charge in [-0.25, -0.2) is 16.8 Å². The van der Waals surface area contributed by atoms with Gasteiger partial charge in [-0.15, -0.1) is 11.3 Å². The van der Waals surface area contributed by atoms with Crippen LogP contribution < -0.4 is 14.9 Å². The van der Waals surface area contributed by atoms with E-state index in [4.69, 9.17) is 0 Å². The molecule has 0 radical (unpaired) electrons. The number of nitrogens with one attached hydrogen (secondary N) is 2. The lowest BCUT2D eigenvalue weighted by atomic mass is 10.2. The molecule has 0 atom stereocenters. The Hall–Kier alpha value is -4.13. The Morgan fingerprint density at radius 1 is 0.568 bits per heavy atom. The maximum atomic E-state index is 13.4. The van der Waals surface area contributed by atoms with Crippen LogP contribution >= 0.6 is 11.3 Å². The van der Waals surface area contributed by atoms with Crippen molar-refractivity contribution in [1.29, 1.82) is 0 Å². The van der Waals surface area contributed by atoms with E-state index in [1.807, 2.05) is 0 Å². The Bertz CT molecular complexity index is 1800. The second-order valence-electron chi connectivity index (χ2n) is 8.05. The van der Waals surface area contributed by atoms with Gasteiger partial charge in [0.2, 0.25) is 0 Å². The summed E-state index contributed by atoms with van der Waals surface area (Å²) in [6, 6.07) is 19.3. The van der Waals surface area contributed by atoms with Gasteiger partial charge < -0.3 is 10.2 Å². The predicted molar refractivity (Wildman–Crippen MR) is 143 cm³/mol. The highest BCUT2D eigenvalue weighted by Gasteiger charge is 2.19. The summed E-state index contributed by atoms with van der Waals surface area (Å²) in [6.45, 7) is 0. The molecular formula is C25H18N2O7S3. The zero-order valence-electron chi connectivity index (χ0n) is 18.7. The van der Waals surface area contributed by atoms with Gasteiger partial charge >= 0.3 is 0 Å². The molecule has 0 aliphatic rings. The van der Waals surface area contributed by atoms with Crippen molar-refractivity contribution in [3.8, 4) is 11.5 Å². The number of fused-ring (bicyclic) bond motifs is 2. The van der Waals surface area contributed by atoms with Crippen LogP contribution in [0.2, 0.25) is 0 Å². The van der Waals surface area contributed by atoms with Gasteiger partial charge in [-0.2, -0.15) is 0 Å². The van der Waals surface area contributed by atoms with E-state index in [1.165, 1.54) is 96.3 Å². The Morgan fingerprint density at radius 3 is 1.32 bits per heavy atom. The van der Waals surface area contributed by atoms with Crippen LogP contribution in [0.15, 0.2) is 99.5 Å². The van der Waals surface area contributed by atoms with Crippen molar-refractivity contribution in [1.82, 2.24) is 0 Å². The van der Waals surface area contributed by atoms with Gasteiger partial charge in [0.05, 0.1) is 9.79 Å². The summed E-state index contributed by atoms with van der Waals surface area (Å²) in [5, 5.41) is 19.1. The largest absolute Gasteiger partial charge is 0.508 e. The number of rotatable bonds is 6. The highest BCUT2D eigenvalue weighted by Crippen LogP contribution is 2.29. The average Bonchev–Trinajstić information content (AvgIpc) is 2.86. The third-order valence-electron chi connectivity index (χ3n) is 5.47. The molecule has 0 fully saturated rings. The number of phenols is 2. The molecule has 0 amide bonds. The molecule has 0 aliphatic heterocycles. The smallest absolute Gasteiger partial charge is 0.261 e. The number of hydrogen-bond acceptors (Lipinski definition) is 8. The van der Waals surface area contributed by atoms with Gasteiger partial charge in [-0.3, -0.25) is 14.2 Å².